The van der Waals surface area contributed by atoms with E-state index < -0.39 is 0 Å². The van der Waals surface area contributed by atoms with Crippen molar-refractivity contribution in [2.24, 2.45) is 0 Å². The van der Waals surface area contributed by atoms with Crippen molar-refractivity contribution in [3.05, 3.63) is 71.2 Å². The lowest BCUT2D eigenvalue weighted by Crippen LogP contribution is -2.31. The van der Waals surface area contributed by atoms with Gasteiger partial charge in [0, 0.05) is 24.0 Å². The van der Waals surface area contributed by atoms with E-state index in [0.29, 0.717) is 19.5 Å². The quantitative estimate of drug-likeness (QED) is 0.622. The number of benzene rings is 2. The summed E-state index contributed by atoms with van der Waals surface area (Å²) in [5.74, 6) is 0.920. The average Bonchev–Trinajstić information content (AvgIpc) is 3.15. The van der Waals surface area contributed by atoms with Gasteiger partial charge in [0.05, 0.1) is 19.2 Å². The van der Waals surface area contributed by atoms with Crippen LogP contribution in [0, 0.1) is 0 Å². The van der Waals surface area contributed by atoms with Crippen molar-refractivity contribution in [1.29, 1.82) is 0 Å². The highest BCUT2D eigenvalue weighted by Gasteiger charge is 2.15. The van der Waals surface area contributed by atoms with Crippen LogP contribution in [0.1, 0.15) is 18.2 Å². The molecule has 134 valence electrons. The normalized spacial score (nSPS) is 10.5. The van der Waals surface area contributed by atoms with Crippen LogP contribution in [0.2, 0.25) is 0 Å². The van der Waals surface area contributed by atoms with E-state index in [1.165, 1.54) is 0 Å². The van der Waals surface area contributed by atoms with E-state index in [-0.39, 0.29) is 5.91 Å². The van der Waals surface area contributed by atoms with Gasteiger partial charge >= 0.3 is 0 Å². The van der Waals surface area contributed by atoms with E-state index in [0.717, 1.165) is 27.6 Å². The van der Waals surface area contributed by atoms with Crippen LogP contribution in [0.5, 0.6) is 5.75 Å². The maximum Gasteiger partial charge on any atom is 0.228 e. The van der Waals surface area contributed by atoms with E-state index in [1.54, 1.807) is 18.4 Å². The van der Waals surface area contributed by atoms with Gasteiger partial charge in [0.2, 0.25) is 5.91 Å². The molecular weight excluding hydrogens is 344 g/mol. The molecule has 0 aliphatic heterocycles. The highest BCUT2D eigenvalue weighted by Crippen LogP contribution is 2.26. The Morgan fingerprint density at radius 2 is 1.85 bits per heavy atom. The maximum absolute atomic E-state index is 12.7. The number of carbonyl (C=O) groups is 1. The van der Waals surface area contributed by atoms with Gasteiger partial charge in [-0.1, -0.05) is 30.3 Å². The first-order valence-corrected chi connectivity index (χ1v) is 9.48. The largest absolute Gasteiger partial charge is 0.497 e. The lowest BCUT2D eigenvalue weighted by Gasteiger charge is -2.20. The van der Waals surface area contributed by atoms with Crippen molar-refractivity contribution < 1.29 is 9.53 Å². The Kier molecular flexibility index (Phi) is 6.02. The number of hydrogen-bond acceptors (Lipinski definition) is 4. The van der Waals surface area contributed by atoms with Gasteiger partial charge in [-0.2, -0.15) is 0 Å². The fourth-order valence-electron chi connectivity index (χ4n) is 2.70. The molecule has 0 fully saturated rings. The van der Waals surface area contributed by atoms with Crippen molar-refractivity contribution >= 4 is 17.2 Å². The highest BCUT2D eigenvalue weighted by atomic mass is 32.1. The zero-order chi connectivity index (χ0) is 18.4. The number of methoxy groups -OCH3 is 1. The first-order chi connectivity index (χ1) is 12.7. The maximum atomic E-state index is 12.7. The minimum Gasteiger partial charge on any atom is -0.497 e. The molecule has 3 aromatic rings. The smallest absolute Gasteiger partial charge is 0.228 e. The molecule has 26 heavy (non-hydrogen) atoms. The van der Waals surface area contributed by atoms with E-state index in [2.05, 4.69) is 4.98 Å². The number of carbonyl (C=O) groups excluding carboxylic acids is 1. The van der Waals surface area contributed by atoms with E-state index in [9.17, 15) is 4.79 Å². The van der Waals surface area contributed by atoms with Crippen molar-refractivity contribution in [3.8, 4) is 16.3 Å². The van der Waals surface area contributed by atoms with Crippen LogP contribution >= 0.6 is 11.3 Å². The van der Waals surface area contributed by atoms with E-state index >= 15 is 0 Å². The number of likely N-dealkylation sites (N-methyl/N-ethyl adjacent to an activating group) is 1. The molecule has 0 N–H and O–H groups in total. The first-order valence-electron chi connectivity index (χ1n) is 8.60. The molecule has 0 spiro atoms. The Balaban J connectivity index is 1.66. The molecule has 0 bridgehead atoms. The summed E-state index contributed by atoms with van der Waals surface area (Å²) in [5, 5.41) is 2.88. The van der Waals surface area contributed by atoms with Gasteiger partial charge in [0.1, 0.15) is 10.8 Å². The minimum atomic E-state index is 0.0999. The minimum absolute atomic E-state index is 0.0999. The van der Waals surface area contributed by atoms with Crippen molar-refractivity contribution in [3.63, 3.8) is 0 Å². The SMILES string of the molecule is CCN(Cc1ccccc1)C(=O)Cc1csc(-c2ccc(OC)cc2)n1. The summed E-state index contributed by atoms with van der Waals surface area (Å²) in [6.07, 6.45) is 0.327. The zero-order valence-corrected chi connectivity index (χ0v) is 15.8. The summed E-state index contributed by atoms with van der Waals surface area (Å²) in [5.41, 5.74) is 2.99. The monoisotopic (exact) mass is 366 g/mol. The van der Waals surface area contributed by atoms with Crippen molar-refractivity contribution in [2.45, 2.75) is 19.9 Å². The van der Waals surface area contributed by atoms with Gasteiger partial charge in [-0.25, -0.2) is 4.98 Å². The van der Waals surface area contributed by atoms with Crippen molar-refractivity contribution in [2.75, 3.05) is 13.7 Å². The molecule has 0 atom stereocenters. The molecule has 1 heterocycles. The molecule has 4 nitrogen and oxygen atoms in total. The number of rotatable bonds is 7. The predicted molar refractivity (Wildman–Crippen MR) is 105 cm³/mol. The Morgan fingerprint density at radius 3 is 2.50 bits per heavy atom. The number of ether oxygens (including phenoxy) is 1. The number of aromatic nitrogens is 1. The van der Waals surface area contributed by atoms with Crippen LogP contribution in [0.3, 0.4) is 0 Å². The Bertz CT molecular complexity index is 844. The standard InChI is InChI=1S/C21H22N2O2S/c1-3-23(14-16-7-5-4-6-8-16)20(24)13-18-15-26-21(22-18)17-9-11-19(25-2)12-10-17/h4-12,15H,3,13-14H2,1-2H3. The molecule has 3 rings (SSSR count). The molecule has 0 aliphatic carbocycles. The third-order valence-corrected chi connectivity index (χ3v) is 5.11. The average molecular weight is 366 g/mol. The molecule has 5 heteroatoms. The number of nitrogens with zero attached hydrogens (tertiary/aromatic N) is 2. The van der Waals surface area contributed by atoms with Crippen molar-refractivity contribution in [1.82, 2.24) is 9.88 Å². The van der Waals surface area contributed by atoms with Crippen LogP contribution in [0.4, 0.5) is 0 Å². The number of amides is 1. The summed E-state index contributed by atoms with van der Waals surface area (Å²) < 4.78 is 5.18. The number of hydrogen-bond donors (Lipinski definition) is 0. The van der Waals surface area contributed by atoms with Crippen LogP contribution < -0.4 is 4.74 Å². The fourth-order valence-corrected chi connectivity index (χ4v) is 3.53. The van der Waals surface area contributed by atoms with Crippen LogP contribution in [0.25, 0.3) is 10.6 Å². The molecule has 1 amide bonds. The van der Waals surface area contributed by atoms with Gasteiger partial charge in [0.15, 0.2) is 0 Å². The Morgan fingerprint density at radius 1 is 1.12 bits per heavy atom. The van der Waals surface area contributed by atoms with E-state index in [1.807, 2.05) is 71.8 Å². The van der Waals surface area contributed by atoms with Gasteiger partial charge < -0.3 is 9.64 Å². The van der Waals surface area contributed by atoms with Crippen LogP contribution in [0.15, 0.2) is 60.0 Å². The molecule has 0 unspecified atom stereocenters. The highest BCUT2D eigenvalue weighted by molar-refractivity contribution is 7.13. The third kappa shape index (κ3) is 4.49. The van der Waals surface area contributed by atoms with Gasteiger partial charge in [0.25, 0.3) is 0 Å². The summed E-state index contributed by atoms with van der Waals surface area (Å²) in [6, 6.07) is 17.9. The molecule has 0 radical (unpaired) electrons. The predicted octanol–water partition coefficient (Wildman–Crippen LogP) is 4.41. The summed E-state index contributed by atoms with van der Waals surface area (Å²) in [7, 11) is 1.65. The molecule has 1 aromatic heterocycles. The molecule has 0 saturated carbocycles. The number of thiazole rings is 1. The summed E-state index contributed by atoms with van der Waals surface area (Å²) in [4.78, 5) is 19.1. The van der Waals surface area contributed by atoms with E-state index in [4.69, 9.17) is 4.74 Å². The molecule has 2 aromatic carbocycles. The second-order valence-electron chi connectivity index (χ2n) is 5.94. The van der Waals surface area contributed by atoms with Gasteiger partial charge in [-0.05, 0) is 36.8 Å². The fraction of sp³-hybridized carbons (Fsp3) is 0.238. The van der Waals surface area contributed by atoms with Gasteiger partial charge in [-0.3, -0.25) is 4.79 Å². The Hall–Kier alpha value is -2.66. The second-order valence-corrected chi connectivity index (χ2v) is 6.80. The van der Waals surface area contributed by atoms with Crippen LogP contribution in [-0.4, -0.2) is 29.4 Å². The topological polar surface area (TPSA) is 42.4 Å². The first kappa shape index (κ1) is 18.1. The summed E-state index contributed by atoms with van der Waals surface area (Å²) in [6.45, 7) is 3.32. The van der Waals surface area contributed by atoms with Gasteiger partial charge in [-0.15, -0.1) is 11.3 Å². The molecule has 0 saturated heterocycles. The van der Waals surface area contributed by atoms with Crippen LogP contribution in [-0.2, 0) is 17.8 Å². The molecular formula is C21H22N2O2S. The third-order valence-electron chi connectivity index (χ3n) is 4.17. The Labute approximate surface area is 158 Å². The summed E-state index contributed by atoms with van der Waals surface area (Å²) >= 11 is 1.56. The second kappa shape index (κ2) is 8.63. The zero-order valence-electron chi connectivity index (χ0n) is 15.0. The lowest BCUT2D eigenvalue weighted by atomic mass is 10.2. The molecule has 0 aliphatic rings. The lowest BCUT2D eigenvalue weighted by molar-refractivity contribution is -0.130.